The maximum Gasteiger partial charge on any atom is 0.266 e. The molecule has 2 aromatic carbocycles. The number of amides is 1. The second-order valence-electron chi connectivity index (χ2n) is 5.65. The van der Waals surface area contributed by atoms with Crippen LogP contribution in [0.4, 0.5) is 5.69 Å². The van der Waals surface area contributed by atoms with Gasteiger partial charge in [-0.3, -0.25) is 9.89 Å². The van der Waals surface area contributed by atoms with E-state index in [2.05, 4.69) is 15.5 Å². The molecule has 1 heterocycles. The highest BCUT2D eigenvalue weighted by atomic mass is 16.5. The van der Waals surface area contributed by atoms with Crippen LogP contribution in [-0.2, 0) is 4.79 Å². The van der Waals surface area contributed by atoms with Crippen LogP contribution in [0.2, 0.25) is 0 Å². The van der Waals surface area contributed by atoms with Crippen molar-refractivity contribution >= 4 is 17.7 Å². The molecule has 1 amide bonds. The topological polar surface area (TPSA) is 90.8 Å². The van der Waals surface area contributed by atoms with Gasteiger partial charge in [-0.05, 0) is 37.3 Å². The molecule has 2 N–H and O–H groups in total. The zero-order valence-corrected chi connectivity index (χ0v) is 14.8. The van der Waals surface area contributed by atoms with E-state index >= 15 is 0 Å². The van der Waals surface area contributed by atoms with E-state index in [9.17, 15) is 10.1 Å². The number of H-pyrrole nitrogens is 1. The van der Waals surface area contributed by atoms with Gasteiger partial charge in [0.1, 0.15) is 17.4 Å². The average Bonchev–Trinajstić information content (AvgIpc) is 3.16. The van der Waals surface area contributed by atoms with Gasteiger partial charge in [-0.1, -0.05) is 30.3 Å². The number of carbonyl (C=O) groups excluding carboxylic acids is 1. The van der Waals surface area contributed by atoms with Gasteiger partial charge in [0.15, 0.2) is 0 Å². The van der Waals surface area contributed by atoms with Crippen LogP contribution in [0.25, 0.3) is 17.3 Å². The summed E-state index contributed by atoms with van der Waals surface area (Å²) in [7, 11) is 0. The molecule has 134 valence electrons. The fourth-order valence-corrected chi connectivity index (χ4v) is 2.54. The third-order valence-corrected chi connectivity index (χ3v) is 3.82. The van der Waals surface area contributed by atoms with Gasteiger partial charge in [-0.15, -0.1) is 0 Å². The fraction of sp³-hybridized carbons (Fsp3) is 0.0952. The molecule has 0 aliphatic rings. The third kappa shape index (κ3) is 4.41. The lowest BCUT2D eigenvalue weighted by Crippen LogP contribution is -2.13. The van der Waals surface area contributed by atoms with Crippen LogP contribution < -0.4 is 10.1 Å². The summed E-state index contributed by atoms with van der Waals surface area (Å²) in [5, 5.41) is 19.1. The highest BCUT2D eigenvalue weighted by molar-refractivity contribution is 6.10. The molecule has 27 heavy (non-hydrogen) atoms. The molecule has 0 unspecified atom stereocenters. The van der Waals surface area contributed by atoms with Crippen molar-refractivity contribution in [2.75, 3.05) is 11.9 Å². The first-order valence-electron chi connectivity index (χ1n) is 8.46. The molecule has 0 radical (unpaired) electrons. The highest BCUT2D eigenvalue weighted by Gasteiger charge is 2.13. The summed E-state index contributed by atoms with van der Waals surface area (Å²) in [5.74, 6) is 0.235. The SMILES string of the molecule is CCOc1ccc(NC(=O)C(C#N)=Cc2cn[nH]c2-c2ccccc2)cc1. The number of rotatable bonds is 6. The number of nitriles is 1. The Labute approximate surface area is 157 Å². The largest absolute Gasteiger partial charge is 0.494 e. The van der Waals surface area contributed by atoms with Crippen molar-refractivity contribution in [1.82, 2.24) is 10.2 Å². The first-order valence-corrected chi connectivity index (χ1v) is 8.46. The van der Waals surface area contributed by atoms with Gasteiger partial charge in [0, 0.05) is 16.8 Å². The van der Waals surface area contributed by atoms with Gasteiger partial charge < -0.3 is 10.1 Å². The maximum atomic E-state index is 12.5. The van der Waals surface area contributed by atoms with Crippen molar-refractivity contribution in [1.29, 1.82) is 5.26 Å². The first kappa shape index (κ1) is 18.0. The Morgan fingerprint density at radius 2 is 1.96 bits per heavy atom. The van der Waals surface area contributed by atoms with E-state index in [-0.39, 0.29) is 5.57 Å². The van der Waals surface area contributed by atoms with Crippen LogP contribution in [0, 0.1) is 11.3 Å². The minimum atomic E-state index is -0.484. The summed E-state index contributed by atoms with van der Waals surface area (Å²) in [5.41, 5.74) is 2.91. The number of nitrogens with zero attached hydrogens (tertiary/aromatic N) is 2. The quantitative estimate of drug-likeness (QED) is 0.514. The normalized spacial score (nSPS) is 10.9. The molecule has 6 heteroatoms. The Morgan fingerprint density at radius 1 is 1.22 bits per heavy atom. The van der Waals surface area contributed by atoms with Crippen molar-refractivity contribution in [2.45, 2.75) is 6.92 Å². The molecule has 0 fully saturated rings. The van der Waals surface area contributed by atoms with Crippen molar-refractivity contribution in [2.24, 2.45) is 0 Å². The molecule has 0 spiro atoms. The van der Waals surface area contributed by atoms with Gasteiger partial charge >= 0.3 is 0 Å². The van der Waals surface area contributed by atoms with Gasteiger partial charge in [-0.2, -0.15) is 10.4 Å². The van der Waals surface area contributed by atoms with E-state index in [0.29, 0.717) is 17.9 Å². The first-order chi connectivity index (χ1) is 13.2. The molecule has 0 aliphatic heterocycles. The van der Waals surface area contributed by atoms with Crippen molar-refractivity contribution < 1.29 is 9.53 Å². The van der Waals surface area contributed by atoms with Gasteiger partial charge in [-0.25, -0.2) is 0 Å². The minimum absolute atomic E-state index is 0.0116. The lowest BCUT2D eigenvalue weighted by molar-refractivity contribution is -0.112. The standard InChI is InChI=1S/C21H18N4O2/c1-2-27-19-10-8-18(9-11-19)24-21(26)16(13-22)12-17-14-23-25-20(17)15-6-4-3-5-7-15/h3-12,14H,2H2,1H3,(H,23,25)(H,24,26). The smallest absolute Gasteiger partial charge is 0.266 e. The molecule has 1 aromatic heterocycles. The van der Waals surface area contributed by atoms with E-state index in [4.69, 9.17) is 4.74 Å². The van der Waals surface area contributed by atoms with Gasteiger partial charge in [0.05, 0.1) is 18.5 Å². The van der Waals surface area contributed by atoms with Crippen molar-refractivity contribution in [3.8, 4) is 23.1 Å². The molecular formula is C21H18N4O2. The Hall–Kier alpha value is -3.85. The number of nitrogens with one attached hydrogen (secondary N) is 2. The summed E-state index contributed by atoms with van der Waals surface area (Å²) >= 11 is 0. The zero-order valence-electron chi connectivity index (χ0n) is 14.8. The predicted octanol–water partition coefficient (Wildman–Crippen LogP) is 4.02. The van der Waals surface area contributed by atoms with E-state index < -0.39 is 5.91 Å². The number of carbonyl (C=O) groups is 1. The second kappa shape index (κ2) is 8.50. The van der Waals surface area contributed by atoms with Crippen molar-refractivity contribution in [3.63, 3.8) is 0 Å². The molecule has 0 atom stereocenters. The van der Waals surface area contributed by atoms with E-state index in [1.54, 1.807) is 30.5 Å². The highest BCUT2D eigenvalue weighted by Crippen LogP contribution is 2.23. The summed E-state index contributed by atoms with van der Waals surface area (Å²) in [6.45, 7) is 2.47. The predicted molar refractivity (Wildman–Crippen MR) is 104 cm³/mol. The van der Waals surface area contributed by atoms with Crippen LogP contribution in [-0.4, -0.2) is 22.7 Å². The average molecular weight is 358 g/mol. The van der Waals surface area contributed by atoms with Gasteiger partial charge in [0.2, 0.25) is 0 Å². The van der Waals surface area contributed by atoms with Gasteiger partial charge in [0.25, 0.3) is 5.91 Å². The molecule has 3 aromatic rings. The van der Waals surface area contributed by atoms with Crippen LogP contribution in [0.3, 0.4) is 0 Å². The molecular weight excluding hydrogens is 340 g/mol. The molecule has 3 rings (SSSR count). The molecule has 0 aliphatic carbocycles. The summed E-state index contributed by atoms with van der Waals surface area (Å²) in [4.78, 5) is 12.5. The number of aromatic nitrogens is 2. The number of hydrogen-bond acceptors (Lipinski definition) is 4. The number of anilines is 1. The van der Waals surface area contributed by atoms with Crippen molar-refractivity contribution in [3.05, 3.63) is 71.9 Å². The van der Waals surface area contributed by atoms with Crippen LogP contribution >= 0.6 is 0 Å². The maximum absolute atomic E-state index is 12.5. The summed E-state index contributed by atoms with van der Waals surface area (Å²) in [6, 6.07) is 18.5. The van der Waals surface area contributed by atoms with E-state index in [1.165, 1.54) is 6.08 Å². The fourth-order valence-electron chi connectivity index (χ4n) is 2.54. The van der Waals surface area contributed by atoms with E-state index in [1.807, 2.05) is 43.3 Å². The molecule has 0 saturated carbocycles. The molecule has 0 bridgehead atoms. The van der Waals surface area contributed by atoms with Crippen LogP contribution in [0.1, 0.15) is 12.5 Å². The molecule has 6 nitrogen and oxygen atoms in total. The number of hydrogen-bond donors (Lipinski definition) is 2. The Balaban J connectivity index is 1.80. The number of aromatic amines is 1. The second-order valence-corrected chi connectivity index (χ2v) is 5.65. The van der Waals surface area contributed by atoms with Crippen LogP contribution in [0.15, 0.2) is 66.4 Å². The van der Waals surface area contributed by atoms with E-state index in [0.717, 1.165) is 17.0 Å². The summed E-state index contributed by atoms with van der Waals surface area (Å²) in [6.07, 6.45) is 3.11. The number of benzene rings is 2. The minimum Gasteiger partial charge on any atom is -0.494 e. The molecule has 0 saturated heterocycles. The monoisotopic (exact) mass is 358 g/mol. The Morgan fingerprint density at radius 3 is 2.63 bits per heavy atom. The summed E-state index contributed by atoms with van der Waals surface area (Å²) < 4.78 is 5.37. The number of ether oxygens (including phenoxy) is 1. The Kier molecular flexibility index (Phi) is 5.65. The lowest BCUT2D eigenvalue weighted by Gasteiger charge is -2.06. The zero-order chi connectivity index (χ0) is 19.1. The van der Waals surface area contributed by atoms with Crippen LogP contribution in [0.5, 0.6) is 5.75 Å². The third-order valence-electron chi connectivity index (χ3n) is 3.82. The lowest BCUT2D eigenvalue weighted by atomic mass is 10.1. The Bertz CT molecular complexity index is 983.